The molecular weight excluding hydrogens is 515 g/mol. The predicted molar refractivity (Wildman–Crippen MR) is 137 cm³/mol. The van der Waals surface area contributed by atoms with Gasteiger partial charge in [-0.15, -0.1) is 0 Å². The summed E-state index contributed by atoms with van der Waals surface area (Å²) in [6.07, 6.45) is -2.80. The Balaban J connectivity index is 1.79. The van der Waals surface area contributed by atoms with Crippen LogP contribution in [0.5, 0.6) is 5.75 Å². The number of amides is 1. The fraction of sp³-hybridized carbons (Fsp3) is 0.214. The SMILES string of the molecule is O=C(O)CCCNC(=O)c1ncc2c(cc(-c3ccc(C(F)(F)F)cc3)c(=O)n2CCc2ccccc2)c1O. The molecule has 0 aliphatic heterocycles. The standard InChI is InChI=1S/C28H24F3N3O5/c29-28(30,31)19-10-8-18(9-11-19)20-15-21-22(34(27(20)39)14-12-17-5-2-1-3-6-17)16-33-24(25(21)37)26(38)32-13-4-7-23(35)36/h1-3,5-6,8-11,15-16,37H,4,7,12-14H2,(H,32,38)(H,35,36). The number of aromatic hydroxyl groups is 1. The number of aryl methyl sites for hydroxylation is 2. The highest BCUT2D eigenvalue weighted by Crippen LogP contribution is 2.33. The van der Waals surface area contributed by atoms with E-state index >= 15 is 0 Å². The predicted octanol–water partition coefficient (Wildman–Crippen LogP) is 4.63. The number of nitrogens with zero attached hydrogens (tertiary/aromatic N) is 2. The van der Waals surface area contributed by atoms with Crippen LogP contribution in [0.25, 0.3) is 22.0 Å². The van der Waals surface area contributed by atoms with Crippen LogP contribution in [0.1, 0.15) is 34.5 Å². The van der Waals surface area contributed by atoms with Gasteiger partial charge in [0.25, 0.3) is 11.5 Å². The molecule has 0 spiro atoms. The van der Waals surface area contributed by atoms with Crippen molar-refractivity contribution in [2.45, 2.75) is 32.0 Å². The van der Waals surface area contributed by atoms with Gasteiger partial charge in [0.15, 0.2) is 11.4 Å². The minimum absolute atomic E-state index is 0.0394. The van der Waals surface area contributed by atoms with E-state index in [2.05, 4.69) is 10.3 Å². The summed E-state index contributed by atoms with van der Waals surface area (Å²) < 4.78 is 40.6. The summed E-state index contributed by atoms with van der Waals surface area (Å²) in [5.41, 5.74) is -0.267. The normalized spacial score (nSPS) is 11.5. The maximum Gasteiger partial charge on any atom is 0.416 e. The molecule has 0 bridgehead atoms. The molecule has 0 fully saturated rings. The second-order valence-electron chi connectivity index (χ2n) is 8.83. The second kappa shape index (κ2) is 11.4. The summed E-state index contributed by atoms with van der Waals surface area (Å²) >= 11 is 0. The number of carboxylic acid groups (broad SMARTS) is 1. The third-order valence-electron chi connectivity index (χ3n) is 6.18. The molecule has 2 heterocycles. The molecule has 0 aliphatic rings. The van der Waals surface area contributed by atoms with E-state index in [0.717, 1.165) is 17.7 Å². The third kappa shape index (κ3) is 6.25. The number of carboxylic acids is 1. The van der Waals surface area contributed by atoms with E-state index in [4.69, 9.17) is 5.11 Å². The molecule has 0 unspecified atom stereocenters. The van der Waals surface area contributed by atoms with E-state index in [1.54, 1.807) is 0 Å². The number of halogens is 3. The van der Waals surface area contributed by atoms with E-state index < -0.39 is 34.9 Å². The van der Waals surface area contributed by atoms with Crippen molar-refractivity contribution in [1.82, 2.24) is 14.9 Å². The molecule has 0 aliphatic carbocycles. The minimum Gasteiger partial charge on any atom is -0.505 e. The zero-order valence-electron chi connectivity index (χ0n) is 20.5. The van der Waals surface area contributed by atoms with Gasteiger partial charge in [0, 0.05) is 30.5 Å². The van der Waals surface area contributed by atoms with Crippen molar-refractivity contribution in [1.29, 1.82) is 0 Å². The molecule has 4 aromatic rings. The summed E-state index contributed by atoms with van der Waals surface area (Å²) in [5, 5.41) is 22.4. The number of alkyl halides is 3. The molecule has 0 saturated heterocycles. The van der Waals surface area contributed by atoms with Crippen LogP contribution in [0.3, 0.4) is 0 Å². The monoisotopic (exact) mass is 539 g/mol. The van der Waals surface area contributed by atoms with Gasteiger partial charge in [-0.3, -0.25) is 14.4 Å². The van der Waals surface area contributed by atoms with E-state index in [-0.39, 0.29) is 53.7 Å². The fourth-order valence-corrected chi connectivity index (χ4v) is 4.17. The number of carbonyl (C=O) groups excluding carboxylic acids is 1. The molecule has 0 radical (unpaired) electrons. The summed E-state index contributed by atoms with van der Waals surface area (Å²) in [6.45, 7) is 0.216. The number of pyridine rings is 2. The van der Waals surface area contributed by atoms with Gasteiger partial charge in [-0.1, -0.05) is 42.5 Å². The lowest BCUT2D eigenvalue weighted by atomic mass is 10.0. The maximum atomic E-state index is 13.6. The van der Waals surface area contributed by atoms with Gasteiger partial charge in [-0.2, -0.15) is 13.2 Å². The first-order valence-electron chi connectivity index (χ1n) is 12.0. The van der Waals surface area contributed by atoms with E-state index in [1.807, 2.05) is 30.3 Å². The zero-order valence-corrected chi connectivity index (χ0v) is 20.5. The highest BCUT2D eigenvalue weighted by molar-refractivity contribution is 6.01. The number of rotatable bonds is 9. The van der Waals surface area contributed by atoms with Crippen LogP contribution in [-0.2, 0) is 23.9 Å². The smallest absolute Gasteiger partial charge is 0.416 e. The Hall–Kier alpha value is -4.67. The number of hydrogen-bond donors (Lipinski definition) is 3. The minimum atomic E-state index is -4.55. The Morgan fingerprint density at radius 1 is 1.03 bits per heavy atom. The van der Waals surface area contributed by atoms with Gasteiger partial charge in [0.05, 0.1) is 17.3 Å². The number of fused-ring (bicyclic) bond motifs is 1. The van der Waals surface area contributed by atoms with Crippen molar-refractivity contribution in [3.63, 3.8) is 0 Å². The molecule has 2 aromatic carbocycles. The van der Waals surface area contributed by atoms with E-state index in [9.17, 15) is 32.7 Å². The number of aromatic nitrogens is 2. The van der Waals surface area contributed by atoms with Crippen molar-refractivity contribution in [3.05, 3.63) is 94.0 Å². The maximum absolute atomic E-state index is 13.6. The Bertz CT molecular complexity index is 1570. The summed E-state index contributed by atoms with van der Waals surface area (Å²) in [4.78, 5) is 40.9. The van der Waals surface area contributed by atoms with Crippen LogP contribution in [0, 0.1) is 0 Å². The first-order chi connectivity index (χ1) is 18.6. The van der Waals surface area contributed by atoms with Gasteiger partial charge in [0.1, 0.15) is 0 Å². The van der Waals surface area contributed by atoms with E-state index in [0.29, 0.717) is 6.42 Å². The molecule has 39 heavy (non-hydrogen) atoms. The lowest BCUT2D eigenvalue weighted by molar-refractivity contribution is -0.138. The zero-order chi connectivity index (χ0) is 28.2. The highest BCUT2D eigenvalue weighted by atomic mass is 19.4. The van der Waals surface area contributed by atoms with Gasteiger partial charge < -0.3 is 20.1 Å². The highest BCUT2D eigenvalue weighted by Gasteiger charge is 2.30. The van der Waals surface area contributed by atoms with Gasteiger partial charge >= 0.3 is 12.1 Å². The molecule has 1 amide bonds. The molecule has 8 nitrogen and oxygen atoms in total. The van der Waals surface area contributed by atoms with Crippen molar-refractivity contribution >= 4 is 22.8 Å². The topological polar surface area (TPSA) is 122 Å². The molecule has 0 saturated carbocycles. The molecule has 202 valence electrons. The average molecular weight is 540 g/mol. The largest absolute Gasteiger partial charge is 0.505 e. The van der Waals surface area contributed by atoms with Crippen LogP contribution in [0.4, 0.5) is 13.2 Å². The molecule has 4 rings (SSSR count). The van der Waals surface area contributed by atoms with Gasteiger partial charge in [0.2, 0.25) is 0 Å². The number of nitrogens with one attached hydrogen (secondary N) is 1. The second-order valence-corrected chi connectivity index (χ2v) is 8.83. The molecule has 3 N–H and O–H groups in total. The van der Waals surface area contributed by atoms with Crippen LogP contribution in [0.2, 0.25) is 0 Å². The quantitative estimate of drug-likeness (QED) is 0.267. The Kier molecular flexibility index (Phi) is 7.99. The molecular formula is C28H24F3N3O5. The van der Waals surface area contributed by atoms with Crippen molar-refractivity contribution in [2.75, 3.05) is 6.54 Å². The number of carbonyl (C=O) groups is 2. The Morgan fingerprint density at radius 3 is 2.36 bits per heavy atom. The van der Waals surface area contributed by atoms with Crippen molar-refractivity contribution in [3.8, 4) is 16.9 Å². The van der Waals surface area contributed by atoms with Gasteiger partial charge in [-0.25, -0.2) is 4.98 Å². The molecule has 2 aromatic heterocycles. The van der Waals surface area contributed by atoms with Crippen molar-refractivity contribution in [2.24, 2.45) is 0 Å². The lowest BCUT2D eigenvalue weighted by Crippen LogP contribution is -2.27. The summed E-state index contributed by atoms with van der Waals surface area (Å²) in [5.74, 6) is -2.26. The Labute approximate surface area is 220 Å². The third-order valence-corrected chi connectivity index (χ3v) is 6.18. The fourth-order valence-electron chi connectivity index (χ4n) is 4.17. The van der Waals surface area contributed by atoms with Gasteiger partial charge in [-0.05, 0) is 42.2 Å². The number of benzene rings is 2. The average Bonchev–Trinajstić information content (AvgIpc) is 2.90. The Morgan fingerprint density at radius 2 is 1.72 bits per heavy atom. The van der Waals surface area contributed by atoms with Crippen LogP contribution >= 0.6 is 0 Å². The lowest BCUT2D eigenvalue weighted by Gasteiger charge is -2.16. The molecule has 11 heteroatoms. The summed E-state index contributed by atoms with van der Waals surface area (Å²) in [7, 11) is 0. The number of hydrogen-bond acceptors (Lipinski definition) is 5. The van der Waals surface area contributed by atoms with Crippen molar-refractivity contribution < 1.29 is 33.0 Å². The first-order valence-corrected chi connectivity index (χ1v) is 12.0. The number of aliphatic carboxylic acids is 1. The van der Waals surface area contributed by atoms with Crippen LogP contribution in [-0.4, -0.2) is 38.2 Å². The summed E-state index contributed by atoms with van der Waals surface area (Å²) in [6, 6.07) is 14.8. The van der Waals surface area contributed by atoms with Crippen LogP contribution in [0.15, 0.2) is 71.7 Å². The molecule has 0 atom stereocenters. The van der Waals surface area contributed by atoms with Crippen LogP contribution < -0.4 is 10.9 Å². The first kappa shape index (κ1) is 27.4. The van der Waals surface area contributed by atoms with E-state index in [1.165, 1.54) is 29.0 Å².